The van der Waals surface area contributed by atoms with E-state index in [0.717, 1.165) is 10.6 Å². The molecule has 3 aromatic carbocycles. The lowest BCUT2D eigenvalue weighted by molar-refractivity contribution is -0.176. The van der Waals surface area contributed by atoms with Gasteiger partial charge >= 0.3 is 29.8 Å². The first-order chi connectivity index (χ1) is 18.5. The minimum Gasteiger partial charge on any atom is -0.480 e. The van der Waals surface area contributed by atoms with Crippen molar-refractivity contribution in [2.24, 2.45) is 5.41 Å². The zero-order valence-electron chi connectivity index (χ0n) is 20.4. The van der Waals surface area contributed by atoms with Gasteiger partial charge in [-0.3, -0.25) is 24.0 Å². The summed E-state index contributed by atoms with van der Waals surface area (Å²) in [6.07, 6.45) is -2.41. The molecule has 0 bridgehead atoms. The van der Waals surface area contributed by atoms with Gasteiger partial charge in [0.2, 0.25) is 0 Å². The van der Waals surface area contributed by atoms with Gasteiger partial charge in [-0.15, -0.1) is 0 Å². The van der Waals surface area contributed by atoms with Crippen molar-refractivity contribution < 1.29 is 49.5 Å². The van der Waals surface area contributed by atoms with Crippen molar-refractivity contribution in [2.75, 3.05) is 0 Å². The molecule has 11 heteroatoms. The third-order valence-corrected chi connectivity index (χ3v) is 9.06. The van der Waals surface area contributed by atoms with Gasteiger partial charge in [0.05, 0.1) is 0 Å². The fourth-order valence-electron chi connectivity index (χ4n) is 4.50. The number of benzene rings is 3. The van der Waals surface area contributed by atoms with Gasteiger partial charge in [0.1, 0.15) is 0 Å². The summed E-state index contributed by atoms with van der Waals surface area (Å²) in [6, 6.07) is 24.4. The fourth-order valence-corrected chi connectivity index (χ4v) is 7.03. The summed E-state index contributed by atoms with van der Waals surface area (Å²) in [4.78, 5) is 60.5. The molecule has 0 atom stereocenters. The molecule has 0 radical (unpaired) electrons. The molecular weight excluding hydrogens is 527 g/mol. The molecule has 0 unspecified atom stereocenters. The normalized spacial score (nSPS) is 11.6. The molecule has 10 nitrogen and oxygen atoms in total. The number of aliphatic carboxylic acids is 5. The molecule has 0 aliphatic carbocycles. The van der Waals surface area contributed by atoms with Gasteiger partial charge in [0.15, 0.2) is 5.41 Å². The summed E-state index contributed by atoms with van der Waals surface area (Å²) in [5.74, 6) is -9.92. The second-order valence-corrected chi connectivity index (χ2v) is 10.9. The van der Waals surface area contributed by atoms with Crippen LogP contribution in [0.5, 0.6) is 0 Å². The first-order valence-electron chi connectivity index (χ1n) is 11.7. The predicted molar refractivity (Wildman–Crippen MR) is 141 cm³/mol. The summed E-state index contributed by atoms with van der Waals surface area (Å²) < 4.78 is 0. The Hall–Kier alpha value is -4.56. The Morgan fingerprint density at radius 3 is 1.36 bits per heavy atom. The monoisotopic (exact) mass is 552 g/mol. The Labute approximate surface area is 223 Å². The van der Waals surface area contributed by atoms with Crippen LogP contribution in [-0.2, 0) is 29.4 Å². The highest BCUT2D eigenvalue weighted by molar-refractivity contribution is 7.79. The van der Waals surface area contributed by atoms with Crippen molar-refractivity contribution >= 4 is 53.7 Å². The minimum atomic E-state index is -3.26. The van der Waals surface area contributed by atoms with E-state index in [4.69, 9.17) is 0 Å². The van der Waals surface area contributed by atoms with Crippen molar-refractivity contribution in [1.29, 1.82) is 0 Å². The minimum absolute atomic E-state index is 0.0598. The standard InChI is InChI=1S/C28H25O10P/c29-22(30)27(23(31)32,16-9-17-28(24(33)34,25(35)36)26(37)38)20-14-7-8-15-21(20)39(18-10-3-1-4-11-18)19-12-5-2-6-13-19/h1-8,10-15H,9,16-17H2,(H,29,30)(H,31,32)(H,33,34)(H,35,36)(H,37,38). The van der Waals surface area contributed by atoms with E-state index in [9.17, 15) is 49.5 Å². The van der Waals surface area contributed by atoms with Crippen LogP contribution in [0, 0.1) is 5.41 Å². The molecule has 202 valence electrons. The van der Waals surface area contributed by atoms with Gasteiger partial charge in [-0.25, -0.2) is 0 Å². The average Bonchev–Trinajstić information content (AvgIpc) is 2.90. The maximum Gasteiger partial charge on any atom is 0.332 e. The number of hydrogen-bond donors (Lipinski definition) is 5. The first-order valence-corrected chi connectivity index (χ1v) is 13.0. The topological polar surface area (TPSA) is 186 Å². The summed E-state index contributed by atoms with van der Waals surface area (Å²) in [7, 11) is -1.46. The zero-order valence-corrected chi connectivity index (χ0v) is 21.3. The third-order valence-electron chi connectivity index (χ3n) is 6.56. The van der Waals surface area contributed by atoms with E-state index >= 15 is 0 Å². The van der Waals surface area contributed by atoms with E-state index in [0.29, 0.717) is 5.30 Å². The second-order valence-electron chi connectivity index (χ2n) is 8.71. The molecule has 3 rings (SSSR count). The highest BCUT2D eigenvalue weighted by atomic mass is 31.1. The van der Waals surface area contributed by atoms with Crippen molar-refractivity contribution in [3.8, 4) is 0 Å². The molecule has 0 aliphatic rings. The average molecular weight is 552 g/mol. The highest BCUT2D eigenvalue weighted by Gasteiger charge is 2.56. The SMILES string of the molecule is O=C(O)C(CCCC(C(=O)O)(C(=O)O)c1ccccc1P(c1ccccc1)c1ccccc1)(C(=O)O)C(=O)O. The number of carboxylic acids is 5. The maximum absolute atomic E-state index is 12.7. The Morgan fingerprint density at radius 1 is 0.538 bits per heavy atom. The van der Waals surface area contributed by atoms with E-state index in [1.807, 2.05) is 36.4 Å². The van der Waals surface area contributed by atoms with E-state index in [-0.39, 0.29) is 5.56 Å². The number of hydrogen-bond acceptors (Lipinski definition) is 5. The molecule has 0 amide bonds. The van der Waals surface area contributed by atoms with E-state index < -0.39 is 67.9 Å². The maximum atomic E-state index is 12.7. The number of carbonyl (C=O) groups is 5. The fraction of sp³-hybridized carbons (Fsp3) is 0.179. The van der Waals surface area contributed by atoms with Gasteiger partial charge in [-0.1, -0.05) is 84.9 Å². The van der Waals surface area contributed by atoms with Crippen molar-refractivity contribution in [3.63, 3.8) is 0 Å². The van der Waals surface area contributed by atoms with Crippen LogP contribution in [0.25, 0.3) is 0 Å². The van der Waals surface area contributed by atoms with Crippen LogP contribution in [0.2, 0.25) is 0 Å². The lowest BCUT2D eigenvalue weighted by atomic mass is 9.73. The van der Waals surface area contributed by atoms with Crippen LogP contribution < -0.4 is 15.9 Å². The molecule has 0 aliphatic heterocycles. The van der Waals surface area contributed by atoms with Crippen LogP contribution >= 0.6 is 7.92 Å². The highest BCUT2D eigenvalue weighted by Crippen LogP contribution is 2.40. The number of carboxylic acid groups (broad SMARTS) is 5. The van der Waals surface area contributed by atoms with Crippen LogP contribution in [0.3, 0.4) is 0 Å². The zero-order chi connectivity index (χ0) is 28.8. The molecular formula is C28H25O10P. The molecule has 0 spiro atoms. The van der Waals surface area contributed by atoms with Crippen molar-refractivity contribution in [3.05, 3.63) is 90.5 Å². The first kappa shape index (κ1) is 29.0. The smallest absolute Gasteiger partial charge is 0.332 e. The lowest BCUT2D eigenvalue weighted by Crippen LogP contribution is -2.49. The van der Waals surface area contributed by atoms with Crippen LogP contribution in [0.4, 0.5) is 0 Å². The quantitative estimate of drug-likeness (QED) is 0.156. The molecule has 0 fully saturated rings. The molecule has 3 aromatic rings. The van der Waals surface area contributed by atoms with E-state index in [1.165, 1.54) is 12.1 Å². The lowest BCUT2D eigenvalue weighted by Gasteiger charge is -2.31. The number of rotatable bonds is 13. The Balaban J connectivity index is 2.19. The summed E-state index contributed by atoms with van der Waals surface area (Å²) >= 11 is 0. The largest absolute Gasteiger partial charge is 0.480 e. The van der Waals surface area contributed by atoms with Crippen LogP contribution in [0.15, 0.2) is 84.9 Å². The van der Waals surface area contributed by atoms with Crippen molar-refractivity contribution in [2.45, 2.75) is 24.7 Å². The van der Waals surface area contributed by atoms with Gasteiger partial charge in [-0.05, 0) is 48.7 Å². The van der Waals surface area contributed by atoms with Gasteiger partial charge in [0.25, 0.3) is 5.41 Å². The molecule has 39 heavy (non-hydrogen) atoms. The van der Waals surface area contributed by atoms with Crippen molar-refractivity contribution in [1.82, 2.24) is 0 Å². The van der Waals surface area contributed by atoms with Gasteiger partial charge in [-0.2, -0.15) is 0 Å². The predicted octanol–water partition coefficient (Wildman–Crippen LogP) is 2.26. The second kappa shape index (κ2) is 11.9. The molecule has 5 N–H and O–H groups in total. The van der Waals surface area contributed by atoms with Gasteiger partial charge < -0.3 is 25.5 Å². The summed E-state index contributed by atoms with van der Waals surface area (Å²) in [5, 5.41) is 50.9. The molecule has 0 heterocycles. The van der Waals surface area contributed by atoms with Crippen LogP contribution in [-0.4, -0.2) is 55.4 Å². The van der Waals surface area contributed by atoms with Gasteiger partial charge in [0, 0.05) is 0 Å². The molecule has 0 saturated carbocycles. The summed E-state index contributed by atoms with van der Waals surface area (Å²) in [6.45, 7) is 0. The molecule has 0 aromatic heterocycles. The Morgan fingerprint density at radius 2 is 0.949 bits per heavy atom. The Bertz CT molecular complexity index is 1300. The Kier molecular flexibility index (Phi) is 8.83. The van der Waals surface area contributed by atoms with E-state index in [1.54, 1.807) is 36.4 Å². The van der Waals surface area contributed by atoms with Crippen LogP contribution in [0.1, 0.15) is 24.8 Å². The molecule has 0 saturated heterocycles. The summed E-state index contributed by atoms with van der Waals surface area (Å²) in [5.41, 5.74) is -5.94. The van der Waals surface area contributed by atoms with E-state index in [2.05, 4.69) is 0 Å². The third kappa shape index (κ3) is 5.37.